The van der Waals surface area contributed by atoms with E-state index in [1.165, 1.54) is 31.4 Å². The van der Waals surface area contributed by atoms with Gasteiger partial charge in [-0.05, 0) is 50.6 Å². The quantitative estimate of drug-likeness (QED) is 0.849. The van der Waals surface area contributed by atoms with E-state index in [2.05, 4.69) is 27.9 Å². The summed E-state index contributed by atoms with van der Waals surface area (Å²) in [4.78, 5) is 16.7. The molecule has 1 aliphatic carbocycles. The molecule has 4 nitrogen and oxygen atoms in total. The Labute approximate surface area is 130 Å². The van der Waals surface area contributed by atoms with Gasteiger partial charge in [0.1, 0.15) is 5.01 Å². The molecule has 21 heavy (non-hydrogen) atoms. The second kappa shape index (κ2) is 6.88. The van der Waals surface area contributed by atoms with Crippen LogP contribution in [0.1, 0.15) is 55.6 Å². The third-order valence-corrected chi connectivity index (χ3v) is 5.56. The van der Waals surface area contributed by atoms with E-state index in [-0.39, 0.29) is 5.91 Å². The van der Waals surface area contributed by atoms with E-state index in [1.807, 2.05) is 0 Å². The fourth-order valence-corrected chi connectivity index (χ4v) is 3.91. The highest BCUT2D eigenvalue weighted by atomic mass is 32.1. The largest absolute Gasteiger partial charge is 0.350 e. The lowest BCUT2D eigenvalue weighted by Gasteiger charge is -2.27. The Morgan fingerprint density at radius 1 is 1.43 bits per heavy atom. The third-order valence-electron chi connectivity index (χ3n) is 4.70. The van der Waals surface area contributed by atoms with Gasteiger partial charge in [0, 0.05) is 17.7 Å². The number of hydrogen-bond donors (Lipinski definition) is 2. The summed E-state index contributed by atoms with van der Waals surface area (Å²) < 4.78 is 0. The number of thiazole rings is 1. The Morgan fingerprint density at radius 2 is 2.19 bits per heavy atom. The van der Waals surface area contributed by atoms with Crippen LogP contribution in [0.4, 0.5) is 0 Å². The molecule has 1 amide bonds. The number of nitrogens with one attached hydrogen (secondary N) is 2. The van der Waals surface area contributed by atoms with Crippen molar-refractivity contribution in [2.45, 2.75) is 51.5 Å². The van der Waals surface area contributed by atoms with E-state index in [0.29, 0.717) is 30.7 Å². The first-order valence-corrected chi connectivity index (χ1v) is 9.02. The summed E-state index contributed by atoms with van der Waals surface area (Å²) in [5.41, 5.74) is 1.23. The summed E-state index contributed by atoms with van der Waals surface area (Å²) in [5, 5.41) is 9.60. The van der Waals surface area contributed by atoms with Gasteiger partial charge in [0.05, 0.1) is 12.2 Å². The van der Waals surface area contributed by atoms with Crippen LogP contribution in [0, 0.1) is 11.8 Å². The molecule has 0 bridgehead atoms. The van der Waals surface area contributed by atoms with Crippen LogP contribution in [0.2, 0.25) is 0 Å². The normalized spacial score (nSPS) is 21.2. The summed E-state index contributed by atoms with van der Waals surface area (Å²) in [6.45, 7) is 5.00. The minimum atomic E-state index is 0.171. The topological polar surface area (TPSA) is 54.0 Å². The molecule has 116 valence electrons. The van der Waals surface area contributed by atoms with Crippen molar-refractivity contribution in [3.8, 4) is 0 Å². The smallest absolute Gasteiger partial charge is 0.220 e. The van der Waals surface area contributed by atoms with Crippen LogP contribution >= 0.6 is 11.3 Å². The van der Waals surface area contributed by atoms with Gasteiger partial charge in [0.2, 0.25) is 5.91 Å². The van der Waals surface area contributed by atoms with Gasteiger partial charge < -0.3 is 10.6 Å². The summed E-state index contributed by atoms with van der Waals surface area (Å²) in [6, 6.07) is 0. The molecule has 1 atom stereocenters. The highest BCUT2D eigenvalue weighted by Gasteiger charge is 2.26. The molecule has 2 fully saturated rings. The first kappa shape index (κ1) is 15.0. The van der Waals surface area contributed by atoms with Crippen molar-refractivity contribution in [1.29, 1.82) is 0 Å². The fourth-order valence-electron chi connectivity index (χ4n) is 3.09. The number of nitrogens with zero attached hydrogens (tertiary/aromatic N) is 1. The van der Waals surface area contributed by atoms with Crippen molar-refractivity contribution in [1.82, 2.24) is 15.6 Å². The number of hydrogen-bond acceptors (Lipinski definition) is 4. The molecule has 1 aromatic rings. The lowest BCUT2D eigenvalue weighted by Crippen LogP contribution is -2.33. The van der Waals surface area contributed by atoms with Crippen LogP contribution in [-0.4, -0.2) is 24.0 Å². The van der Waals surface area contributed by atoms with Crippen molar-refractivity contribution < 1.29 is 4.79 Å². The van der Waals surface area contributed by atoms with Gasteiger partial charge in [-0.1, -0.05) is 6.92 Å². The van der Waals surface area contributed by atoms with Crippen molar-refractivity contribution in [3.05, 3.63) is 16.1 Å². The predicted octanol–water partition coefficient (Wildman–Crippen LogP) is 2.66. The fraction of sp³-hybridized carbons (Fsp3) is 0.750. The average Bonchev–Trinajstić information content (AvgIpc) is 3.25. The molecule has 2 heterocycles. The predicted molar refractivity (Wildman–Crippen MR) is 85.3 cm³/mol. The van der Waals surface area contributed by atoms with Crippen molar-refractivity contribution in [2.75, 3.05) is 13.1 Å². The van der Waals surface area contributed by atoms with Crippen LogP contribution in [-0.2, 0) is 11.3 Å². The van der Waals surface area contributed by atoms with Crippen molar-refractivity contribution in [2.24, 2.45) is 11.8 Å². The van der Waals surface area contributed by atoms with Crippen LogP contribution < -0.4 is 10.6 Å². The van der Waals surface area contributed by atoms with Gasteiger partial charge in [-0.2, -0.15) is 0 Å². The molecule has 3 rings (SSSR count). The maximum Gasteiger partial charge on any atom is 0.220 e. The standard InChI is InChI=1S/C16H25N3OS/c1-11(12-4-6-17-7-5-12)8-15(20)18-9-16-19-14(10-21-16)13-2-3-13/h10-13,17H,2-9H2,1H3,(H,18,20). The van der Waals surface area contributed by atoms with Gasteiger partial charge in [0.15, 0.2) is 0 Å². The van der Waals surface area contributed by atoms with E-state index in [4.69, 9.17) is 0 Å². The SMILES string of the molecule is CC(CC(=O)NCc1nc(C2CC2)cs1)C1CCNCC1. The molecule has 0 spiro atoms. The van der Waals surface area contributed by atoms with Crippen LogP contribution in [0.5, 0.6) is 0 Å². The third kappa shape index (κ3) is 4.27. The maximum atomic E-state index is 12.1. The van der Waals surface area contributed by atoms with E-state index in [9.17, 15) is 4.79 Å². The second-order valence-corrected chi connectivity index (χ2v) is 7.43. The molecular formula is C16H25N3OS. The molecule has 0 aromatic carbocycles. The van der Waals surface area contributed by atoms with E-state index in [0.717, 1.165) is 18.1 Å². The molecule has 0 radical (unpaired) electrons. The molecule has 1 aliphatic heterocycles. The highest BCUT2D eigenvalue weighted by Crippen LogP contribution is 2.40. The zero-order valence-electron chi connectivity index (χ0n) is 12.7. The number of carbonyl (C=O) groups excluding carboxylic acids is 1. The van der Waals surface area contributed by atoms with Gasteiger partial charge >= 0.3 is 0 Å². The summed E-state index contributed by atoms with van der Waals surface area (Å²) in [7, 11) is 0. The molecule has 2 N–H and O–H groups in total. The first-order valence-electron chi connectivity index (χ1n) is 8.14. The van der Waals surface area contributed by atoms with Gasteiger partial charge in [-0.25, -0.2) is 4.98 Å². The van der Waals surface area contributed by atoms with E-state index >= 15 is 0 Å². The van der Waals surface area contributed by atoms with Crippen LogP contribution in [0.15, 0.2) is 5.38 Å². The van der Waals surface area contributed by atoms with Gasteiger partial charge in [0.25, 0.3) is 0 Å². The Hall–Kier alpha value is -0.940. The number of carbonyl (C=O) groups is 1. The molecule has 1 saturated carbocycles. The summed E-state index contributed by atoms with van der Waals surface area (Å²) in [6.07, 6.45) is 5.61. The zero-order chi connectivity index (χ0) is 14.7. The maximum absolute atomic E-state index is 12.1. The number of rotatable bonds is 6. The van der Waals surface area contributed by atoms with Gasteiger partial charge in [-0.15, -0.1) is 11.3 Å². The Bertz CT molecular complexity index is 478. The Balaban J connectivity index is 1.40. The highest BCUT2D eigenvalue weighted by molar-refractivity contribution is 7.09. The lowest BCUT2D eigenvalue weighted by molar-refractivity contribution is -0.122. The first-order chi connectivity index (χ1) is 10.2. The van der Waals surface area contributed by atoms with Crippen LogP contribution in [0.25, 0.3) is 0 Å². The Morgan fingerprint density at radius 3 is 2.90 bits per heavy atom. The minimum Gasteiger partial charge on any atom is -0.350 e. The van der Waals surface area contributed by atoms with E-state index in [1.54, 1.807) is 11.3 Å². The number of amides is 1. The molecule has 1 saturated heterocycles. The molecule has 1 unspecified atom stereocenters. The minimum absolute atomic E-state index is 0.171. The van der Waals surface area contributed by atoms with E-state index < -0.39 is 0 Å². The monoisotopic (exact) mass is 307 g/mol. The number of aromatic nitrogens is 1. The molecule has 2 aliphatic rings. The summed E-state index contributed by atoms with van der Waals surface area (Å²) in [5.74, 6) is 2.04. The van der Waals surface area contributed by atoms with Crippen molar-refractivity contribution in [3.63, 3.8) is 0 Å². The second-order valence-electron chi connectivity index (χ2n) is 6.49. The lowest BCUT2D eigenvalue weighted by atomic mass is 9.84. The number of piperidine rings is 1. The summed E-state index contributed by atoms with van der Waals surface area (Å²) >= 11 is 1.67. The average molecular weight is 307 g/mol. The zero-order valence-corrected chi connectivity index (χ0v) is 13.5. The molecule has 5 heteroatoms. The van der Waals surface area contributed by atoms with Crippen LogP contribution in [0.3, 0.4) is 0 Å². The van der Waals surface area contributed by atoms with Crippen molar-refractivity contribution >= 4 is 17.2 Å². The van der Waals surface area contributed by atoms with Gasteiger partial charge in [-0.3, -0.25) is 4.79 Å². The Kier molecular flexibility index (Phi) is 4.91. The molecule has 1 aromatic heterocycles. The molecular weight excluding hydrogens is 282 g/mol.